The molecular formula is C47H55N7O7. The summed E-state index contributed by atoms with van der Waals surface area (Å²) in [6.45, 7) is 6.22. The van der Waals surface area contributed by atoms with Crippen LogP contribution in [-0.4, -0.2) is 108 Å². The summed E-state index contributed by atoms with van der Waals surface area (Å²) in [6, 6.07) is 15.7. The van der Waals surface area contributed by atoms with Crippen molar-refractivity contribution >= 4 is 57.1 Å². The van der Waals surface area contributed by atoms with E-state index in [1.54, 1.807) is 14.0 Å². The summed E-state index contributed by atoms with van der Waals surface area (Å²) in [5.74, 6) is 0.711. The molecule has 14 heteroatoms. The number of nitrogens with one attached hydrogen (secondary N) is 3. The Balaban J connectivity index is 0.933. The zero-order valence-corrected chi connectivity index (χ0v) is 35.7. The van der Waals surface area contributed by atoms with E-state index >= 15 is 0 Å². The molecule has 2 aliphatic carbocycles. The Bertz CT molecular complexity index is 2490. The number of piperidine rings is 1. The second kappa shape index (κ2) is 16.3. The second-order valence-electron chi connectivity index (χ2n) is 17.6. The van der Waals surface area contributed by atoms with Gasteiger partial charge < -0.3 is 39.6 Å². The van der Waals surface area contributed by atoms with Crippen LogP contribution < -0.4 is 10.6 Å². The first-order valence-corrected chi connectivity index (χ1v) is 21.7. The topological polar surface area (TPSA) is 168 Å². The number of rotatable bonds is 10. The summed E-state index contributed by atoms with van der Waals surface area (Å²) in [4.78, 5) is 70.0. The normalized spacial score (nSPS) is 23.2. The lowest BCUT2D eigenvalue weighted by atomic mass is 9.84. The van der Waals surface area contributed by atoms with Crippen LogP contribution in [0.3, 0.4) is 0 Å². The molecule has 0 radical (unpaired) electrons. The zero-order chi connectivity index (χ0) is 42.7. The highest BCUT2D eigenvalue weighted by Gasteiger charge is 2.53. The lowest BCUT2D eigenvalue weighted by Crippen LogP contribution is -2.59. The largest absolute Gasteiger partial charge is 0.453 e. The van der Waals surface area contributed by atoms with Crippen molar-refractivity contribution in [2.75, 3.05) is 27.9 Å². The molecule has 4 heterocycles. The summed E-state index contributed by atoms with van der Waals surface area (Å²) in [5, 5.41) is 7.58. The molecule has 3 aliphatic heterocycles. The molecule has 3 fully saturated rings. The number of carbonyl (C=O) groups excluding carboxylic acids is 4. The van der Waals surface area contributed by atoms with Gasteiger partial charge in [-0.25, -0.2) is 14.6 Å². The van der Waals surface area contributed by atoms with E-state index < -0.39 is 30.4 Å². The third kappa shape index (κ3) is 7.21. The van der Waals surface area contributed by atoms with E-state index in [4.69, 9.17) is 24.2 Å². The Morgan fingerprint density at radius 3 is 2.36 bits per heavy atom. The SMILES string of the molecule is COC(=O)N[C@H](C(=O)N1CCC[C@H]1c1nc2c(ccc3cc(-c4ccc5c(c4)CCC4=C5CC([C@@H]5[C@H]6CC[C@H](C6)N5C(=O)[C@@H](NC(=O)OC)[C@@H](C)OC)=N4)ccc32)[nH]1)C(C)C. The number of likely N-dealkylation sites (tertiary alicyclic amines) is 2. The number of alkyl carbamates (subject to hydrolysis) is 2. The number of allylic oxidation sites excluding steroid dienone is 2. The quantitative estimate of drug-likeness (QED) is 0.153. The number of aryl methyl sites for hydroxylation is 1. The van der Waals surface area contributed by atoms with E-state index in [0.717, 1.165) is 95.1 Å². The van der Waals surface area contributed by atoms with E-state index in [0.29, 0.717) is 18.9 Å². The van der Waals surface area contributed by atoms with Crippen molar-refractivity contribution in [3.63, 3.8) is 0 Å². The number of aromatic amines is 1. The molecule has 0 unspecified atom stereocenters. The van der Waals surface area contributed by atoms with Gasteiger partial charge in [-0.15, -0.1) is 0 Å². The molecule has 9 rings (SSSR count). The minimum Gasteiger partial charge on any atom is -0.453 e. The highest BCUT2D eigenvalue weighted by Crippen LogP contribution is 2.48. The smallest absolute Gasteiger partial charge is 0.407 e. The van der Waals surface area contributed by atoms with Crippen molar-refractivity contribution in [2.45, 2.75) is 108 Å². The number of H-pyrrole nitrogens is 1. The Hall–Kier alpha value is -5.76. The number of carbonyl (C=O) groups is 4. The van der Waals surface area contributed by atoms with Gasteiger partial charge in [0, 0.05) is 42.9 Å². The van der Waals surface area contributed by atoms with Crippen molar-refractivity contribution in [2.24, 2.45) is 16.8 Å². The molecule has 5 aliphatic rings. The Labute approximate surface area is 355 Å². The van der Waals surface area contributed by atoms with Crippen molar-refractivity contribution in [3.8, 4) is 11.1 Å². The molecular weight excluding hydrogens is 775 g/mol. The first kappa shape index (κ1) is 40.6. The number of nitrogens with zero attached hydrogens (tertiary/aromatic N) is 4. The van der Waals surface area contributed by atoms with Crippen molar-refractivity contribution in [1.82, 2.24) is 30.4 Å². The molecule has 3 aromatic carbocycles. The maximum Gasteiger partial charge on any atom is 0.407 e. The fraction of sp³-hybridized carbons (Fsp3) is 0.489. The predicted molar refractivity (Wildman–Crippen MR) is 232 cm³/mol. The fourth-order valence-electron chi connectivity index (χ4n) is 10.7. The summed E-state index contributed by atoms with van der Waals surface area (Å²) >= 11 is 0. The van der Waals surface area contributed by atoms with Gasteiger partial charge >= 0.3 is 12.2 Å². The first-order chi connectivity index (χ1) is 29.5. The van der Waals surface area contributed by atoms with Crippen LogP contribution in [0, 0.1) is 11.8 Å². The van der Waals surface area contributed by atoms with Gasteiger partial charge in [-0.3, -0.25) is 14.6 Å². The van der Waals surface area contributed by atoms with Crippen LogP contribution in [0.1, 0.15) is 88.7 Å². The second-order valence-corrected chi connectivity index (χ2v) is 17.6. The van der Waals surface area contributed by atoms with E-state index in [-0.39, 0.29) is 35.9 Å². The Morgan fingerprint density at radius 2 is 1.61 bits per heavy atom. The van der Waals surface area contributed by atoms with Gasteiger partial charge in [-0.1, -0.05) is 50.2 Å². The molecule has 4 aromatic rings. The summed E-state index contributed by atoms with van der Waals surface area (Å²) in [5.41, 5.74) is 10.0. The number of imidazole rings is 1. The minimum absolute atomic E-state index is 0.104. The molecule has 7 atom stereocenters. The van der Waals surface area contributed by atoms with E-state index in [2.05, 4.69) is 64.1 Å². The molecule has 0 spiro atoms. The standard InChI is InChI=1S/C47H55N7O7/c1-24(2)39(51-46(57)60-5)44(55)53-19-7-8-38(53)43-49-36-18-13-29-21-27(11-16-33(29)41(36)50-43)26-10-15-32-28(20-26)12-17-35-34(32)23-37(48-35)42-30-9-14-31(22-30)54(42)45(56)40(25(3)59-4)52-47(58)61-6/h10-11,13,15-16,18,20-21,24-25,30-31,38-40,42H,7-9,12,14,17,19,22-23H2,1-6H3,(H,49,50)(H,51,57)(H,52,58)/t25-,30+,31-,38+,39+,40+,42+/m1/s1. The van der Waals surface area contributed by atoms with Gasteiger partial charge in [-0.05, 0) is 109 Å². The van der Waals surface area contributed by atoms with Crippen LogP contribution in [0.25, 0.3) is 38.5 Å². The summed E-state index contributed by atoms with van der Waals surface area (Å²) < 4.78 is 15.2. The molecule has 2 saturated heterocycles. The Morgan fingerprint density at radius 1 is 0.852 bits per heavy atom. The highest BCUT2D eigenvalue weighted by atomic mass is 16.5. The third-order valence-corrected chi connectivity index (χ3v) is 13.9. The van der Waals surface area contributed by atoms with Crippen LogP contribution in [0.15, 0.2) is 59.2 Å². The lowest BCUT2D eigenvalue weighted by molar-refractivity contribution is -0.139. The van der Waals surface area contributed by atoms with E-state index in [1.165, 1.54) is 30.9 Å². The monoisotopic (exact) mass is 829 g/mol. The number of ether oxygens (including phenoxy) is 3. The van der Waals surface area contributed by atoms with Crippen LogP contribution >= 0.6 is 0 Å². The number of hydrogen-bond donors (Lipinski definition) is 3. The highest BCUT2D eigenvalue weighted by molar-refractivity contribution is 6.07. The molecule has 1 saturated carbocycles. The average molecular weight is 830 g/mol. The van der Waals surface area contributed by atoms with Crippen LogP contribution in [-0.2, 0) is 30.2 Å². The maximum absolute atomic E-state index is 14.2. The molecule has 61 heavy (non-hydrogen) atoms. The summed E-state index contributed by atoms with van der Waals surface area (Å²) in [7, 11) is 4.14. The number of aliphatic imine (C=N–C) groups is 1. The number of benzene rings is 3. The first-order valence-electron chi connectivity index (χ1n) is 21.7. The maximum atomic E-state index is 14.2. The number of amides is 4. The van der Waals surface area contributed by atoms with Crippen molar-refractivity contribution < 1.29 is 33.4 Å². The van der Waals surface area contributed by atoms with E-state index in [1.807, 2.05) is 23.6 Å². The molecule has 14 nitrogen and oxygen atoms in total. The average Bonchev–Trinajstić information content (AvgIpc) is 4.13. The molecule has 4 amide bonds. The fourth-order valence-corrected chi connectivity index (χ4v) is 10.7. The number of hydrogen-bond acceptors (Lipinski definition) is 9. The van der Waals surface area contributed by atoms with Crippen LogP contribution in [0.5, 0.6) is 0 Å². The van der Waals surface area contributed by atoms with Crippen LogP contribution in [0.4, 0.5) is 9.59 Å². The van der Waals surface area contributed by atoms with Gasteiger partial charge in [-0.2, -0.15) is 0 Å². The van der Waals surface area contributed by atoms with Crippen molar-refractivity contribution in [1.29, 1.82) is 0 Å². The van der Waals surface area contributed by atoms with Crippen LogP contribution in [0.2, 0.25) is 0 Å². The van der Waals surface area contributed by atoms with Crippen molar-refractivity contribution in [3.05, 3.63) is 71.2 Å². The van der Waals surface area contributed by atoms with Gasteiger partial charge in [0.25, 0.3) is 0 Å². The Kier molecular flexibility index (Phi) is 10.8. The van der Waals surface area contributed by atoms with Gasteiger partial charge in [0.2, 0.25) is 11.8 Å². The van der Waals surface area contributed by atoms with Gasteiger partial charge in [0.1, 0.15) is 17.9 Å². The molecule has 320 valence electrons. The third-order valence-electron chi connectivity index (χ3n) is 13.9. The predicted octanol–water partition coefficient (Wildman–Crippen LogP) is 7.07. The molecule has 3 N–H and O–H groups in total. The molecule has 1 aromatic heterocycles. The number of aromatic nitrogens is 2. The number of methoxy groups -OCH3 is 3. The number of fused-ring (bicyclic) bond motifs is 7. The minimum atomic E-state index is -0.858. The molecule has 2 bridgehead atoms. The summed E-state index contributed by atoms with van der Waals surface area (Å²) in [6.07, 6.45) is 5.23. The van der Waals surface area contributed by atoms with E-state index in [9.17, 15) is 19.2 Å². The lowest BCUT2D eigenvalue weighted by Gasteiger charge is -2.38. The van der Waals surface area contributed by atoms with Gasteiger partial charge in [0.05, 0.1) is 43.4 Å². The zero-order valence-electron chi connectivity index (χ0n) is 35.7. The van der Waals surface area contributed by atoms with Gasteiger partial charge in [0.15, 0.2) is 0 Å².